The van der Waals surface area contributed by atoms with Crippen LogP contribution in [-0.4, -0.2) is 6.04 Å². The minimum atomic E-state index is -0.343. The van der Waals surface area contributed by atoms with E-state index in [0.717, 1.165) is 23.6 Å². The third-order valence-electron chi connectivity index (χ3n) is 3.43. The van der Waals surface area contributed by atoms with Crippen molar-refractivity contribution < 1.29 is 13.5 Å². The normalized spacial score (nSPS) is 14.5. The number of hydrogen-bond acceptors (Lipinski definition) is 3. The number of hydrogen-bond donors (Lipinski definition) is 1. The van der Waals surface area contributed by atoms with Crippen LogP contribution >= 0.6 is 0 Å². The molecule has 1 N–H and O–H groups in total. The van der Waals surface area contributed by atoms with Gasteiger partial charge in [0.05, 0.1) is 6.54 Å². The molecule has 106 valence electrons. The van der Waals surface area contributed by atoms with E-state index in [2.05, 4.69) is 5.32 Å². The fraction of sp³-hybridized carbons (Fsp3) is 0.375. The van der Waals surface area contributed by atoms with Crippen LogP contribution in [-0.2, 0) is 13.2 Å². The number of halogens is 1. The largest absolute Gasteiger partial charge is 0.486 e. The molecule has 0 aliphatic heterocycles. The topological polar surface area (TPSA) is 34.4 Å². The summed E-state index contributed by atoms with van der Waals surface area (Å²) in [5.41, 5.74) is 0.959. The van der Waals surface area contributed by atoms with E-state index in [-0.39, 0.29) is 11.6 Å². The second kappa shape index (κ2) is 5.67. The number of rotatable bonds is 6. The highest BCUT2D eigenvalue weighted by Crippen LogP contribution is 2.22. The molecular weight excluding hydrogens is 257 g/mol. The first-order valence-corrected chi connectivity index (χ1v) is 6.91. The molecule has 3 nitrogen and oxygen atoms in total. The highest BCUT2D eigenvalue weighted by Gasteiger charge is 2.21. The van der Waals surface area contributed by atoms with Crippen molar-refractivity contribution in [3.8, 4) is 5.75 Å². The number of aryl methyl sites for hydroxylation is 1. The quantitative estimate of drug-likeness (QED) is 0.875. The van der Waals surface area contributed by atoms with E-state index in [1.54, 1.807) is 18.2 Å². The lowest BCUT2D eigenvalue weighted by molar-refractivity contribution is 0.287. The first-order valence-electron chi connectivity index (χ1n) is 6.91. The predicted octanol–water partition coefficient (Wildman–Crippen LogP) is 3.56. The van der Waals surface area contributed by atoms with Crippen LogP contribution in [0.5, 0.6) is 5.75 Å². The van der Waals surface area contributed by atoms with Gasteiger partial charge in [-0.05, 0) is 38.0 Å². The molecule has 0 radical (unpaired) electrons. The summed E-state index contributed by atoms with van der Waals surface area (Å²) in [5, 5.41) is 3.40. The average Bonchev–Trinajstić information content (AvgIpc) is 3.20. The lowest BCUT2D eigenvalue weighted by Gasteiger charge is -2.05. The van der Waals surface area contributed by atoms with Gasteiger partial charge in [-0.2, -0.15) is 0 Å². The second-order valence-electron chi connectivity index (χ2n) is 5.17. The predicted molar refractivity (Wildman–Crippen MR) is 74.0 cm³/mol. The third kappa shape index (κ3) is 3.20. The Morgan fingerprint density at radius 1 is 1.35 bits per heavy atom. The Kier molecular flexibility index (Phi) is 3.74. The second-order valence-corrected chi connectivity index (χ2v) is 5.17. The summed E-state index contributed by atoms with van der Waals surface area (Å²) >= 11 is 0. The van der Waals surface area contributed by atoms with Crippen LogP contribution < -0.4 is 10.1 Å². The summed E-state index contributed by atoms with van der Waals surface area (Å²) in [5.74, 6) is 1.66. The summed E-state index contributed by atoms with van der Waals surface area (Å²) in [4.78, 5) is 0. The van der Waals surface area contributed by atoms with E-state index >= 15 is 0 Å². The van der Waals surface area contributed by atoms with Crippen LogP contribution in [0, 0.1) is 12.7 Å². The molecule has 0 atom stereocenters. The molecule has 2 aromatic rings. The Balaban J connectivity index is 1.60. The van der Waals surface area contributed by atoms with Gasteiger partial charge < -0.3 is 14.5 Å². The van der Waals surface area contributed by atoms with E-state index in [1.807, 2.05) is 13.0 Å². The van der Waals surface area contributed by atoms with Crippen LogP contribution in [0.15, 0.2) is 34.7 Å². The molecule has 1 fully saturated rings. The molecule has 1 aliphatic rings. The molecule has 1 aromatic heterocycles. The molecule has 1 aliphatic carbocycles. The molecule has 0 saturated heterocycles. The van der Waals surface area contributed by atoms with Crippen molar-refractivity contribution in [1.29, 1.82) is 0 Å². The van der Waals surface area contributed by atoms with Gasteiger partial charge in [0.2, 0.25) is 0 Å². The van der Waals surface area contributed by atoms with Gasteiger partial charge in [0.25, 0.3) is 0 Å². The molecule has 4 heteroatoms. The molecule has 1 saturated carbocycles. The Morgan fingerprint density at radius 2 is 2.15 bits per heavy atom. The van der Waals surface area contributed by atoms with Gasteiger partial charge in [-0.3, -0.25) is 0 Å². The van der Waals surface area contributed by atoms with Gasteiger partial charge in [-0.1, -0.05) is 12.1 Å². The maximum Gasteiger partial charge on any atom is 0.165 e. The average molecular weight is 275 g/mol. The van der Waals surface area contributed by atoms with E-state index < -0.39 is 0 Å². The lowest BCUT2D eigenvalue weighted by atomic mass is 10.2. The number of nitrogens with one attached hydrogen (secondary N) is 1. The summed E-state index contributed by atoms with van der Waals surface area (Å²) in [6.07, 6.45) is 2.51. The Hall–Kier alpha value is -1.81. The molecule has 1 aromatic carbocycles. The molecular formula is C16H18FNO2. The van der Waals surface area contributed by atoms with E-state index in [9.17, 15) is 4.39 Å². The van der Waals surface area contributed by atoms with Gasteiger partial charge in [0.15, 0.2) is 11.6 Å². The SMILES string of the molecule is Cc1oc(CNC2CC2)cc1COc1ccccc1F. The van der Waals surface area contributed by atoms with Crippen molar-refractivity contribution in [3.05, 3.63) is 53.2 Å². The van der Waals surface area contributed by atoms with Crippen molar-refractivity contribution in [2.45, 2.75) is 39.0 Å². The van der Waals surface area contributed by atoms with E-state index in [0.29, 0.717) is 12.6 Å². The summed E-state index contributed by atoms with van der Waals surface area (Å²) in [6.45, 7) is 2.96. The summed E-state index contributed by atoms with van der Waals surface area (Å²) in [6, 6.07) is 9.05. The smallest absolute Gasteiger partial charge is 0.165 e. The number of para-hydroxylation sites is 1. The standard InChI is InChI=1S/C16H18FNO2/c1-11-12(8-14(20-11)9-18-13-6-7-13)10-19-16-5-3-2-4-15(16)17/h2-5,8,13,18H,6-7,9-10H2,1H3. The molecule has 20 heavy (non-hydrogen) atoms. The van der Waals surface area contributed by atoms with E-state index in [1.165, 1.54) is 18.9 Å². The molecule has 0 amide bonds. The summed E-state index contributed by atoms with van der Waals surface area (Å²) in [7, 11) is 0. The highest BCUT2D eigenvalue weighted by molar-refractivity contribution is 5.25. The Morgan fingerprint density at radius 3 is 2.90 bits per heavy atom. The molecule has 1 heterocycles. The lowest BCUT2D eigenvalue weighted by Crippen LogP contribution is -2.14. The first kappa shape index (κ1) is 13.2. The Bertz CT molecular complexity index is 590. The third-order valence-corrected chi connectivity index (χ3v) is 3.43. The van der Waals surface area contributed by atoms with Gasteiger partial charge in [-0.15, -0.1) is 0 Å². The van der Waals surface area contributed by atoms with Gasteiger partial charge in [0.1, 0.15) is 18.1 Å². The Labute approximate surface area is 117 Å². The van der Waals surface area contributed by atoms with Gasteiger partial charge in [0, 0.05) is 11.6 Å². The molecule has 0 spiro atoms. The number of furan rings is 1. The molecule has 3 rings (SSSR count). The van der Waals surface area contributed by atoms with Crippen molar-refractivity contribution in [3.63, 3.8) is 0 Å². The zero-order valence-corrected chi connectivity index (χ0v) is 11.5. The monoisotopic (exact) mass is 275 g/mol. The summed E-state index contributed by atoms with van der Waals surface area (Å²) < 4.78 is 24.6. The van der Waals surface area contributed by atoms with E-state index in [4.69, 9.17) is 9.15 Å². The fourth-order valence-corrected chi connectivity index (χ4v) is 2.07. The zero-order valence-electron chi connectivity index (χ0n) is 11.5. The minimum Gasteiger partial charge on any atom is -0.486 e. The first-order chi connectivity index (χ1) is 9.72. The minimum absolute atomic E-state index is 0.269. The van der Waals surface area contributed by atoms with Crippen LogP contribution in [0.4, 0.5) is 4.39 Å². The van der Waals surface area contributed by atoms with Crippen molar-refractivity contribution in [2.24, 2.45) is 0 Å². The zero-order chi connectivity index (χ0) is 13.9. The van der Waals surface area contributed by atoms with Crippen LogP contribution in [0.2, 0.25) is 0 Å². The molecule has 0 unspecified atom stereocenters. The van der Waals surface area contributed by atoms with Crippen molar-refractivity contribution >= 4 is 0 Å². The fourth-order valence-electron chi connectivity index (χ4n) is 2.07. The van der Waals surface area contributed by atoms with Crippen molar-refractivity contribution in [1.82, 2.24) is 5.32 Å². The van der Waals surface area contributed by atoms with Gasteiger partial charge in [-0.25, -0.2) is 4.39 Å². The van der Waals surface area contributed by atoms with Crippen LogP contribution in [0.3, 0.4) is 0 Å². The molecule has 0 bridgehead atoms. The van der Waals surface area contributed by atoms with Crippen LogP contribution in [0.1, 0.15) is 29.9 Å². The number of ether oxygens (including phenoxy) is 1. The van der Waals surface area contributed by atoms with Crippen molar-refractivity contribution in [2.75, 3.05) is 0 Å². The van der Waals surface area contributed by atoms with Gasteiger partial charge >= 0.3 is 0 Å². The number of benzene rings is 1. The maximum atomic E-state index is 13.5. The maximum absolute atomic E-state index is 13.5. The van der Waals surface area contributed by atoms with Crippen LogP contribution in [0.25, 0.3) is 0 Å². The highest BCUT2D eigenvalue weighted by atomic mass is 19.1.